The second kappa shape index (κ2) is 8.15. The highest BCUT2D eigenvalue weighted by Crippen LogP contribution is 2.29. The Bertz CT molecular complexity index is 1120. The predicted octanol–water partition coefficient (Wildman–Crippen LogP) is 4.35. The van der Waals surface area contributed by atoms with Gasteiger partial charge >= 0.3 is 5.97 Å². The number of hydrogen-bond acceptors (Lipinski definition) is 5. The van der Waals surface area contributed by atoms with Gasteiger partial charge in [-0.05, 0) is 36.2 Å². The number of carbonyl (C=O) groups is 1. The fraction of sp³-hybridized carbons (Fsp3) is 0.250. The minimum atomic E-state index is -0.349. The Morgan fingerprint density at radius 1 is 1.18 bits per heavy atom. The summed E-state index contributed by atoms with van der Waals surface area (Å²) in [5.74, 6) is -0.264. The molecular formula is C20H16Cl2N2O3S. The molecule has 2 heterocycles. The van der Waals surface area contributed by atoms with Crippen molar-refractivity contribution in [2.24, 2.45) is 0 Å². The van der Waals surface area contributed by atoms with Gasteiger partial charge in [0.05, 0.1) is 17.5 Å². The van der Waals surface area contributed by atoms with Crippen molar-refractivity contribution in [2.45, 2.75) is 29.8 Å². The summed E-state index contributed by atoms with van der Waals surface area (Å²) in [6, 6.07) is 12.5. The van der Waals surface area contributed by atoms with Crippen LogP contribution in [0.1, 0.15) is 12.0 Å². The van der Waals surface area contributed by atoms with E-state index in [2.05, 4.69) is 4.98 Å². The summed E-state index contributed by atoms with van der Waals surface area (Å²) in [4.78, 5) is 29.7. The molecule has 0 bridgehead atoms. The Labute approximate surface area is 175 Å². The van der Waals surface area contributed by atoms with E-state index < -0.39 is 0 Å². The van der Waals surface area contributed by atoms with Crippen LogP contribution in [0.4, 0.5) is 0 Å². The molecule has 1 aliphatic heterocycles. The molecule has 0 saturated carbocycles. The van der Waals surface area contributed by atoms with E-state index in [4.69, 9.17) is 27.9 Å². The summed E-state index contributed by atoms with van der Waals surface area (Å²) in [6.07, 6.45) is 1.15. The average Bonchev–Trinajstić information content (AvgIpc) is 3.07. The molecule has 1 aromatic heterocycles. The van der Waals surface area contributed by atoms with Crippen molar-refractivity contribution in [3.8, 4) is 0 Å². The number of halogens is 2. The lowest BCUT2D eigenvalue weighted by atomic mass is 10.1. The van der Waals surface area contributed by atoms with Gasteiger partial charge in [-0.25, -0.2) is 4.98 Å². The molecule has 4 rings (SSSR count). The third-order valence-electron chi connectivity index (χ3n) is 4.58. The molecule has 0 amide bonds. The summed E-state index contributed by atoms with van der Waals surface area (Å²) < 4.78 is 6.66. The zero-order chi connectivity index (χ0) is 19.7. The fourth-order valence-electron chi connectivity index (χ4n) is 3.10. The first-order valence-electron chi connectivity index (χ1n) is 8.80. The van der Waals surface area contributed by atoms with Crippen molar-refractivity contribution in [1.82, 2.24) is 9.55 Å². The van der Waals surface area contributed by atoms with Crippen LogP contribution in [0.3, 0.4) is 0 Å². The van der Waals surface area contributed by atoms with Gasteiger partial charge in [0.1, 0.15) is 5.25 Å². The fourth-order valence-corrected chi connectivity index (χ4v) is 4.69. The molecule has 0 N–H and O–H groups in total. The predicted molar refractivity (Wildman–Crippen MR) is 111 cm³/mol. The van der Waals surface area contributed by atoms with Crippen molar-refractivity contribution in [2.75, 3.05) is 6.61 Å². The summed E-state index contributed by atoms with van der Waals surface area (Å²) >= 11 is 13.5. The third-order valence-corrected chi connectivity index (χ3v) is 6.40. The number of fused-ring (bicyclic) bond motifs is 1. The number of ether oxygens (including phenoxy) is 1. The van der Waals surface area contributed by atoms with Crippen molar-refractivity contribution < 1.29 is 9.53 Å². The Balaban J connectivity index is 1.71. The Hall–Kier alpha value is -2.02. The molecule has 1 atom stereocenters. The summed E-state index contributed by atoms with van der Waals surface area (Å²) in [5.41, 5.74) is 1.37. The largest absolute Gasteiger partial charge is 0.465 e. The molecule has 3 aromatic rings. The maximum atomic E-state index is 13.1. The number of nitrogens with zero attached hydrogens (tertiary/aromatic N) is 2. The number of para-hydroxylation sites is 1. The first-order valence-corrected chi connectivity index (χ1v) is 10.4. The van der Waals surface area contributed by atoms with Gasteiger partial charge in [0.25, 0.3) is 5.56 Å². The summed E-state index contributed by atoms with van der Waals surface area (Å²) in [6.45, 7) is 0.789. The number of carbonyl (C=O) groups excluding carboxylic acids is 1. The molecule has 0 radical (unpaired) electrons. The molecule has 0 aliphatic carbocycles. The lowest BCUT2D eigenvalue weighted by molar-refractivity contribution is -0.137. The molecule has 28 heavy (non-hydrogen) atoms. The number of rotatable bonds is 5. The molecule has 2 aromatic carbocycles. The maximum Gasteiger partial charge on any atom is 0.319 e. The highest BCUT2D eigenvalue weighted by molar-refractivity contribution is 8.00. The smallest absolute Gasteiger partial charge is 0.319 e. The molecule has 144 valence electrons. The van der Waals surface area contributed by atoms with E-state index in [9.17, 15) is 9.59 Å². The van der Waals surface area contributed by atoms with Crippen LogP contribution in [0.5, 0.6) is 0 Å². The van der Waals surface area contributed by atoms with Crippen LogP contribution in [0, 0.1) is 0 Å². The van der Waals surface area contributed by atoms with Crippen LogP contribution in [-0.2, 0) is 22.5 Å². The highest BCUT2D eigenvalue weighted by atomic mass is 35.5. The number of cyclic esters (lactones) is 1. The van der Waals surface area contributed by atoms with E-state index in [0.29, 0.717) is 52.1 Å². The van der Waals surface area contributed by atoms with Crippen LogP contribution in [0.15, 0.2) is 52.4 Å². The number of aryl methyl sites for hydroxylation is 1. The van der Waals surface area contributed by atoms with E-state index in [-0.39, 0.29) is 16.8 Å². The van der Waals surface area contributed by atoms with E-state index in [1.54, 1.807) is 28.8 Å². The van der Waals surface area contributed by atoms with Crippen molar-refractivity contribution >= 4 is 51.8 Å². The number of aromatic nitrogens is 2. The Morgan fingerprint density at radius 3 is 2.75 bits per heavy atom. The van der Waals surface area contributed by atoms with Gasteiger partial charge < -0.3 is 4.74 Å². The van der Waals surface area contributed by atoms with Gasteiger partial charge in [0.15, 0.2) is 5.16 Å². The van der Waals surface area contributed by atoms with E-state index in [0.717, 1.165) is 5.56 Å². The van der Waals surface area contributed by atoms with Crippen LogP contribution < -0.4 is 5.56 Å². The van der Waals surface area contributed by atoms with E-state index in [1.165, 1.54) is 11.8 Å². The first kappa shape index (κ1) is 19.3. The van der Waals surface area contributed by atoms with Crippen LogP contribution >= 0.6 is 35.0 Å². The van der Waals surface area contributed by atoms with Crippen molar-refractivity contribution in [3.63, 3.8) is 0 Å². The van der Waals surface area contributed by atoms with Crippen molar-refractivity contribution in [3.05, 3.63) is 68.4 Å². The van der Waals surface area contributed by atoms with Crippen LogP contribution in [-0.4, -0.2) is 27.4 Å². The Kier molecular flexibility index (Phi) is 5.62. The minimum Gasteiger partial charge on any atom is -0.465 e. The van der Waals surface area contributed by atoms with Gasteiger partial charge in [-0.15, -0.1) is 0 Å². The van der Waals surface area contributed by atoms with Gasteiger partial charge in [-0.2, -0.15) is 0 Å². The molecule has 1 unspecified atom stereocenters. The molecule has 1 saturated heterocycles. The SMILES string of the molecule is O=C1OCCC1Sc1nc2ccccc2c(=O)n1CCc1ccc(Cl)cc1Cl. The molecule has 5 nitrogen and oxygen atoms in total. The monoisotopic (exact) mass is 434 g/mol. The molecule has 0 spiro atoms. The molecule has 1 aliphatic rings. The summed E-state index contributed by atoms with van der Waals surface area (Å²) in [7, 11) is 0. The number of benzene rings is 2. The zero-order valence-electron chi connectivity index (χ0n) is 14.7. The number of esters is 1. The first-order chi connectivity index (χ1) is 13.5. The second-order valence-electron chi connectivity index (χ2n) is 6.42. The van der Waals surface area contributed by atoms with Crippen LogP contribution in [0.2, 0.25) is 10.0 Å². The quantitative estimate of drug-likeness (QED) is 0.441. The van der Waals surface area contributed by atoms with E-state index >= 15 is 0 Å². The topological polar surface area (TPSA) is 61.2 Å². The van der Waals surface area contributed by atoms with Gasteiger partial charge in [-0.3, -0.25) is 14.2 Å². The number of thioether (sulfide) groups is 1. The molecule has 1 fully saturated rings. The van der Waals surface area contributed by atoms with Crippen molar-refractivity contribution in [1.29, 1.82) is 0 Å². The third kappa shape index (κ3) is 3.90. The average molecular weight is 435 g/mol. The lowest BCUT2D eigenvalue weighted by Gasteiger charge is -2.15. The normalized spacial score (nSPS) is 16.5. The van der Waals surface area contributed by atoms with Gasteiger partial charge in [-0.1, -0.05) is 53.2 Å². The molecular weight excluding hydrogens is 419 g/mol. The Morgan fingerprint density at radius 2 is 2.00 bits per heavy atom. The highest BCUT2D eigenvalue weighted by Gasteiger charge is 2.29. The van der Waals surface area contributed by atoms with Gasteiger partial charge in [0.2, 0.25) is 0 Å². The minimum absolute atomic E-state index is 0.135. The number of hydrogen-bond donors (Lipinski definition) is 0. The summed E-state index contributed by atoms with van der Waals surface area (Å²) in [5, 5.41) is 1.83. The lowest BCUT2D eigenvalue weighted by Crippen LogP contribution is -2.25. The van der Waals surface area contributed by atoms with Crippen LogP contribution in [0.25, 0.3) is 10.9 Å². The maximum absolute atomic E-state index is 13.1. The van der Waals surface area contributed by atoms with Gasteiger partial charge in [0, 0.05) is 23.0 Å². The zero-order valence-corrected chi connectivity index (χ0v) is 17.1. The second-order valence-corrected chi connectivity index (χ2v) is 8.43. The standard InChI is InChI=1S/C20H16Cl2N2O3S/c21-13-6-5-12(15(22)11-13)7-9-24-18(25)14-3-1-2-4-16(14)23-20(24)28-17-8-10-27-19(17)26/h1-6,11,17H,7-10H2. The van der Waals surface area contributed by atoms with E-state index in [1.807, 2.05) is 18.2 Å². The molecule has 8 heteroatoms.